The third-order valence-electron chi connectivity index (χ3n) is 5.23. The van der Waals surface area contributed by atoms with Crippen LogP contribution in [0.4, 0.5) is 5.69 Å². The summed E-state index contributed by atoms with van der Waals surface area (Å²) < 4.78 is 6.49. The van der Waals surface area contributed by atoms with E-state index < -0.39 is 18.5 Å². The summed E-state index contributed by atoms with van der Waals surface area (Å²) in [6.45, 7) is 4.92. The number of benzene rings is 2. The number of aromatic nitrogens is 4. The van der Waals surface area contributed by atoms with Gasteiger partial charge in [-0.2, -0.15) is 4.98 Å². The number of aryl methyl sites for hydroxylation is 2. The normalized spacial score (nSPS) is 11.6. The fourth-order valence-corrected chi connectivity index (χ4v) is 3.52. The molecule has 0 radical (unpaired) electrons. The van der Waals surface area contributed by atoms with E-state index >= 15 is 0 Å². The highest BCUT2D eigenvalue weighted by atomic mass is 16.5. The molecule has 2 aromatic heterocycles. The van der Waals surface area contributed by atoms with E-state index in [2.05, 4.69) is 25.7 Å². The van der Waals surface area contributed by atoms with Gasteiger partial charge in [-0.3, -0.25) is 9.59 Å². The highest BCUT2D eigenvalue weighted by molar-refractivity contribution is 6.04. The Balaban J connectivity index is 1.38. The third kappa shape index (κ3) is 5.49. The Morgan fingerprint density at radius 1 is 1.00 bits per heavy atom. The number of carbonyl (C=O) groups excluding carboxylic acids is 3. The van der Waals surface area contributed by atoms with Crippen LogP contribution in [-0.4, -0.2) is 44.0 Å². The fraction of sp³-hybridized carbons (Fsp3) is 0.200. The molecule has 0 bridgehead atoms. The predicted octanol–water partition coefficient (Wildman–Crippen LogP) is 3.03. The molecule has 178 valence electrons. The van der Waals surface area contributed by atoms with Crippen molar-refractivity contribution in [1.82, 2.24) is 24.9 Å². The van der Waals surface area contributed by atoms with Gasteiger partial charge in [-0.1, -0.05) is 42.5 Å². The van der Waals surface area contributed by atoms with Gasteiger partial charge in [0.15, 0.2) is 6.61 Å². The quantitative estimate of drug-likeness (QED) is 0.396. The number of hydrogen-bond acceptors (Lipinski definition) is 7. The number of amides is 2. The van der Waals surface area contributed by atoms with Crippen LogP contribution in [0.15, 0.2) is 60.7 Å². The molecule has 4 aromatic rings. The molecule has 0 saturated heterocycles. The van der Waals surface area contributed by atoms with Crippen LogP contribution < -0.4 is 10.6 Å². The number of esters is 1. The molecule has 35 heavy (non-hydrogen) atoms. The first-order chi connectivity index (χ1) is 16.8. The van der Waals surface area contributed by atoms with Crippen molar-refractivity contribution in [2.45, 2.75) is 26.8 Å². The lowest BCUT2D eigenvalue weighted by atomic mass is 10.1. The van der Waals surface area contributed by atoms with E-state index in [9.17, 15) is 14.4 Å². The lowest BCUT2D eigenvalue weighted by molar-refractivity contribution is -0.119. The second-order valence-corrected chi connectivity index (χ2v) is 7.96. The Kier molecular flexibility index (Phi) is 6.81. The monoisotopic (exact) mass is 472 g/mol. The van der Waals surface area contributed by atoms with Crippen molar-refractivity contribution in [2.75, 3.05) is 11.9 Å². The van der Waals surface area contributed by atoms with E-state index in [0.717, 1.165) is 17.0 Å². The van der Waals surface area contributed by atoms with Gasteiger partial charge < -0.3 is 15.4 Å². The van der Waals surface area contributed by atoms with E-state index in [0.29, 0.717) is 5.69 Å². The molecule has 10 heteroatoms. The Labute approximate surface area is 201 Å². The van der Waals surface area contributed by atoms with Crippen LogP contribution in [0.25, 0.3) is 5.78 Å². The largest absolute Gasteiger partial charge is 0.450 e. The number of ether oxygens (including phenoxy) is 1. The van der Waals surface area contributed by atoms with E-state index in [1.54, 1.807) is 30.3 Å². The summed E-state index contributed by atoms with van der Waals surface area (Å²) in [5.41, 5.74) is 3.03. The van der Waals surface area contributed by atoms with Gasteiger partial charge in [0.2, 0.25) is 0 Å². The molecule has 4 rings (SSSR count). The van der Waals surface area contributed by atoms with Gasteiger partial charge in [0.1, 0.15) is 0 Å². The molecule has 0 aliphatic rings. The second-order valence-electron chi connectivity index (χ2n) is 7.96. The Hall–Kier alpha value is -4.60. The van der Waals surface area contributed by atoms with E-state index in [4.69, 9.17) is 4.74 Å². The molecule has 0 aliphatic heterocycles. The van der Waals surface area contributed by atoms with E-state index in [1.807, 2.05) is 51.1 Å². The minimum Gasteiger partial charge on any atom is -0.450 e. The number of rotatable bonds is 7. The summed E-state index contributed by atoms with van der Waals surface area (Å²) in [4.78, 5) is 46.0. The Bertz CT molecular complexity index is 1400. The zero-order valence-electron chi connectivity index (χ0n) is 19.5. The number of carbonyl (C=O) groups is 3. The first-order valence-corrected chi connectivity index (χ1v) is 10.9. The molecule has 0 spiro atoms. The minimum absolute atomic E-state index is 0.200. The predicted molar refractivity (Wildman–Crippen MR) is 128 cm³/mol. The summed E-state index contributed by atoms with van der Waals surface area (Å²) in [6.07, 6.45) is 0. The standard InChI is InChI=1S/C25H24N6O4/c1-15-13-16(2)31-25(26-15)29-22(30-31)24(34)35-14-21(32)28-20-12-8-7-11-19(20)23(33)27-17(3)18-9-5-4-6-10-18/h4-13,17H,14H2,1-3H3,(H,27,33)(H,28,32)/t17-/m1/s1. The van der Waals surface area contributed by atoms with Crippen LogP contribution in [0.2, 0.25) is 0 Å². The molecule has 2 N–H and O–H groups in total. The van der Waals surface area contributed by atoms with Gasteiger partial charge in [0.05, 0.1) is 17.3 Å². The summed E-state index contributed by atoms with van der Waals surface area (Å²) in [7, 11) is 0. The SMILES string of the molecule is Cc1cc(C)n2nc(C(=O)OCC(=O)Nc3ccccc3C(=O)N[C@H](C)c3ccccc3)nc2n1. The average Bonchev–Trinajstić information content (AvgIpc) is 3.28. The van der Waals surface area contributed by atoms with E-state index in [1.165, 1.54) is 4.52 Å². The van der Waals surface area contributed by atoms with Gasteiger partial charge in [-0.25, -0.2) is 14.3 Å². The number of nitrogens with one attached hydrogen (secondary N) is 2. The summed E-state index contributed by atoms with van der Waals surface area (Å²) >= 11 is 0. The molecule has 1 atom stereocenters. The number of para-hydroxylation sites is 1. The molecule has 10 nitrogen and oxygen atoms in total. The molecule has 2 amide bonds. The van der Waals surface area contributed by atoms with Crippen molar-refractivity contribution in [1.29, 1.82) is 0 Å². The zero-order chi connectivity index (χ0) is 24.9. The van der Waals surface area contributed by atoms with Crippen LogP contribution >= 0.6 is 0 Å². The highest BCUT2D eigenvalue weighted by Gasteiger charge is 2.19. The maximum Gasteiger partial charge on any atom is 0.378 e. The molecular weight excluding hydrogens is 448 g/mol. The smallest absolute Gasteiger partial charge is 0.378 e. The molecule has 0 aliphatic carbocycles. The molecule has 0 fully saturated rings. The van der Waals surface area contributed by atoms with Crippen molar-refractivity contribution in [3.8, 4) is 0 Å². The first kappa shape index (κ1) is 23.6. The maximum absolute atomic E-state index is 12.8. The van der Waals surface area contributed by atoms with Crippen LogP contribution in [0.1, 0.15) is 50.9 Å². The van der Waals surface area contributed by atoms with Crippen molar-refractivity contribution >= 4 is 29.2 Å². The summed E-state index contributed by atoms with van der Waals surface area (Å²) in [6, 6.07) is 17.7. The van der Waals surface area contributed by atoms with Crippen LogP contribution in [-0.2, 0) is 9.53 Å². The summed E-state index contributed by atoms with van der Waals surface area (Å²) in [5.74, 6) is -1.74. The van der Waals surface area contributed by atoms with Crippen molar-refractivity contribution in [3.05, 3.63) is 89.0 Å². The minimum atomic E-state index is -0.856. The lowest BCUT2D eigenvalue weighted by Crippen LogP contribution is -2.28. The molecule has 0 saturated carbocycles. The lowest BCUT2D eigenvalue weighted by Gasteiger charge is -2.16. The molecular formula is C25H24N6O4. The van der Waals surface area contributed by atoms with E-state index in [-0.39, 0.29) is 29.1 Å². The third-order valence-corrected chi connectivity index (χ3v) is 5.23. The first-order valence-electron chi connectivity index (χ1n) is 10.9. The number of hydrogen-bond donors (Lipinski definition) is 2. The molecule has 2 aromatic carbocycles. The molecule has 2 heterocycles. The van der Waals surface area contributed by atoms with Gasteiger partial charge in [0, 0.05) is 11.4 Å². The number of nitrogens with zero attached hydrogens (tertiary/aromatic N) is 4. The fourth-order valence-electron chi connectivity index (χ4n) is 3.52. The Morgan fingerprint density at radius 2 is 1.71 bits per heavy atom. The zero-order valence-corrected chi connectivity index (χ0v) is 19.5. The van der Waals surface area contributed by atoms with Gasteiger partial charge in [0.25, 0.3) is 23.4 Å². The van der Waals surface area contributed by atoms with Crippen LogP contribution in [0, 0.1) is 13.8 Å². The number of anilines is 1. The van der Waals surface area contributed by atoms with Gasteiger partial charge in [-0.15, -0.1) is 5.10 Å². The number of fused-ring (bicyclic) bond motifs is 1. The van der Waals surface area contributed by atoms with Crippen LogP contribution in [0.5, 0.6) is 0 Å². The second kappa shape index (κ2) is 10.1. The highest BCUT2D eigenvalue weighted by Crippen LogP contribution is 2.18. The topological polar surface area (TPSA) is 128 Å². The molecule has 0 unspecified atom stereocenters. The van der Waals surface area contributed by atoms with Crippen LogP contribution in [0.3, 0.4) is 0 Å². The van der Waals surface area contributed by atoms with Crippen molar-refractivity contribution in [3.63, 3.8) is 0 Å². The average molecular weight is 473 g/mol. The van der Waals surface area contributed by atoms with Gasteiger partial charge in [-0.05, 0) is 44.5 Å². The summed E-state index contributed by atoms with van der Waals surface area (Å²) in [5, 5.41) is 9.63. The van der Waals surface area contributed by atoms with Crippen molar-refractivity contribution in [2.24, 2.45) is 0 Å². The Morgan fingerprint density at radius 3 is 2.49 bits per heavy atom. The maximum atomic E-state index is 12.8. The van der Waals surface area contributed by atoms with Crippen molar-refractivity contribution < 1.29 is 19.1 Å². The van der Waals surface area contributed by atoms with Gasteiger partial charge >= 0.3 is 5.97 Å².